The molecule has 1 aromatic heterocycles. The molecule has 0 aliphatic rings. The lowest BCUT2D eigenvalue weighted by Crippen LogP contribution is -2.34. The van der Waals surface area contributed by atoms with Crippen molar-refractivity contribution < 1.29 is 14.6 Å². The van der Waals surface area contributed by atoms with Gasteiger partial charge in [-0.05, 0) is 67.3 Å². The van der Waals surface area contributed by atoms with E-state index in [0.717, 1.165) is 0 Å². The van der Waals surface area contributed by atoms with Gasteiger partial charge in [0.2, 0.25) is 0 Å². The summed E-state index contributed by atoms with van der Waals surface area (Å²) in [5, 5.41) is 31.4. The number of benzene rings is 2. The number of amides is 1. The SMILES string of the molecule is Cc1nc(NC(=S)NC(=O)c2ccc([N+](=O)[O-])cc2)sc1C(/C=C/c1ccc([N+](=O)[O-])cc1)=N/NC(N)=S. The Bertz CT molecular complexity index is 1470. The van der Waals surface area contributed by atoms with E-state index in [0.29, 0.717) is 27.0 Å². The fourth-order valence-corrected chi connectivity index (χ4v) is 4.13. The fourth-order valence-electron chi connectivity index (χ4n) is 2.89. The minimum Gasteiger partial charge on any atom is -0.375 e. The van der Waals surface area contributed by atoms with Crippen LogP contribution in [0.3, 0.4) is 0 Å². The lowest BCUT2D eigenvalue weighted by molar-refractivity contribution is -0.385. The summed E-state index contributed by atoms with van der Waals surface area (Å²) in [6.07, 6.45) is 3.36. The van der Waals surface area contributed by atoms with Crippen LogP contribution in [0, 0.1) is 27.2 Å². The minimum atomic E-state index is -0.564. The highest BCUT2D eigenvalue weighted by molar-refractivity contribution is 7.80. The number of allylic oxidation sites excluding steroid dienone is 1. The molecule has 194 valence electrons. The van der Waals surface area contributed by atoms with Crippen molar-refractivity contribution in [1.82, 2.24) is 15.7 Å². The van der Waals surface area contributed by atoms with E-state index in [1.807, 2.05) is 0 Å². The number of aryl methyl sites for hydroxylation is 1. The van der Waals surface area contributed by atoms with Crippen molar-refractivity contribution in [2.45, 2.75) is 6.92 Å². The van der Waals surface area contributed by atoms with Crippen LogP contribution in [0.5, 0.6) is 0 Å². The number of rotatable bonds is 8. The van der Waals surface area contributed by atoms with Crippen molar-refractivity contribution in [2.75, 3.05) is 5.32 Å². The molecule has 1 heterocycles. The van der Waals surface area contributed by atoms with Crippen molar-refractivity contribution in [3.63, 3.8) is 0 Å². The van der Waals surface area contributed by atoms with E-state index in [2.05, 4.69) is 26.1 Å². The highest BCUT2D eigenvalue weighted by atomic mass is 32.1. The van der Waals surface area contributed by atoms with Gasteiger partial charge < -0.3 is 11.1 Å². The van der Waals surface area contributed by atoms with Crippen LogP contribution in [-0.4, -0.2) is 36.7 Å². The Kier molecular flexibility index (Phi) is 9.20. The van der Waals surface area contributed by atoms with Crippen molar-refractivity contribution in [3.8, 4) is 0 Å². The number of hydrogen-bond acceptors (Lipinski definition) is 10. The molecule has 0 aliphatic carbocycles. The number of non-ortho nitro benzene ring substituents is 2. The highest BCUT2D eigenvalue weighted by Crippen LogP contribution is 2.24. The number of carbonyl (C=O) groups is 1. The van der Waals surface area contributed by atoms with Crippen molar-refractivity contribution in [1.29, 1.82) is 0 Å². The second kappa shape index (κ2) is 12.5. The van der Waals surface area contributed by atoms with Gasteiger partial charge in [0.05, 0.1) is 20.4 Å². The third kappa shape index (κ3) is 7.66. The second-order valence-corrected chi connectivity index (χ2v) is 9.15. The van der Waals surface area contributed by atoms with Crippen LogP contribution in [-0.2, 0) is 0 Å². The van der Waals surface area contributed by atoms with E-state index in [4.69, 9.17) is 30.2 Å². The number of nitrogens with zero attached hydrogens (tertiary/aromatic N) is 4. The lowest BCUT2D eigenvalue weighted by atomic mass is 10.1. The minimum absolute atomic E-state index is 0.0307. The largest absolute Gasteiger partial charge is 0.375 e. The molecule has 0 radical (unpaired) electrons. The Labute approximate surface area is 229 Å². The summed E-state index contributed by atoms with van der Waals surface area (Å²) < 4.78 is 0. The maximum absolute atomic E-state index is 12.4. The molecule has 0 atom stereocenters. The molecule has 0 bridgehead atoms. The third-order valence-corrected chi connectivity index (χ3v) is 6.03. The van der Waals surface area contributed by atoms with Gasteiger partial charge in [-0.2, -0.15) is 5.10 Å². The zero-order chi connectivity index (χ0) is 27.8. The Morgan fingerprint density at radius 2 is 1.63 bits per heavy atom. The molecule has 0 fully saturated rings. The number of hydrazone groups is 1. The van der Waals surface area contributed by atoms with E-state index in [-0.39, 0.29) is 27.2 Å². The third-order valence-electron chi connectivity index (χ3n) is 4.64. The van der Waals surface area contributed by atoms with Gasteiger partial charge in [0.25, 0.3) is 17.3 Å². The normalized spacial score (nSPS) is 11.1. The van der Waals surface area contributed by atoms with Gasteiger partial charge in [0, 0.05) is 29.8 Å². The van der Waals surface area contributed by atoms with Crippen molar-refractivity contribution in [3.05, 3.63) is 96.5 Å². The molecule has 3 rings (SSSR count). The smallest absolute Gasteiger partial charge is 0.269 e. The summed E-state index contributed by atoms with van der Waals surface area (Å²) in [6, 6.07) is 11.0. The van der Waals surface area contributed by atoms with E-state index < -0.39 is 15.8 Å². The molecular weight excluding hydrogens is 552 g/mol. The molecule has 1 amide bonds. The van der Waals surface area contributed by atoms with Gasteiger partial charge in [-0.15, -0.1) is 0 Å². The standard InChI is InChI=1S/C22H18N8O5S3/c1-12-18(17(27-28-20(23)36)11-4-13-2-7-15(8-3-13)29(32)33)38-22(24-12)26-21(37)25-19(31)14-5-9-16(10-6-14)30(34)35/h2-11H,1H3,(H3,23,28,36)(H2,24,25,26,31,37)/b11-4+,27-17+. The average molecular weight is 571 g/mol. The Balaban J connectivity index is 1.75. The van der Waals surface area contributed by atoms with Crippen LogP contribution >= 0.6 is 35.8 Å². The van der Waals surface area contributed by atoms with Crippen LogP contribution < -0.4 is 21.8 Å². The number of thiocarbonyl (C=S) groups is 2. The first-order valence-corrected chi connectivity index (χ1v) is 12.1. The van der Waals surface area contributed by atoms with Gasteiger partial charge in [-0.3, -0.25) is 35.8 Å². The predicted octanol–water partition coefficient (Wildman–Crippen LogP) is 3.65. The molecule has 3 aromatic rings. The Hall–Kier alpha value is -4.67. The number of aromatic nitrogens is 1. The lowest BCUT2D eigenvalue weighted by Gasteiger charge is -2.07. The molecule has 16 heteroatoms. The van der Waals surface area contributed by atoms with Crippen molar-refractivity contribution in [2.24, 2.45) is 10.8 Å². The molecule has 0 saturated carbocycles. The monoisotopic (exact) mass is 570 g/mol. The molecule has 0 spiro atoms. The topological polar surface area (TPSA) is 191 Å². The quantitative estimate of drug-likeness (QED) is 0.134. The van der Waals surface area contributed by atoms with E-state index in [9.17, 15) is 25.0 Å². The summed E-state index contributed by atoms with van der Waals surface area (Å²) in [6.45, 7) is 1.74. The van der Waals surface area contributed by atoms with Crippen LogP contribution in [0.4, 0.5) is 16.5 Å². The number of nitro groups is 2. The molecule has 0 saturated heterocycles. The van der Waals surface area contributed by atoms with Gasteiger partial charge in [-0.1, -0.05) is 17.4 Å². The summed E-state index contributed by atoms with van der Waals surface area (Å²) >= 11 is 11.2. The van der Waals surface area contributed by atoms with Gasteiger partial charge in [0.1, 0.15) is 5.71 Å². The van der Waals surface area contributed by atoms with Gasteiger partial charge in [-0.25, -0.2) is 4.98 Å². The number of nitro benzene ring substituents is 2. The van der Waals surface area contributed by atoms with Crippen LogP contribution in [0.1, 0.15) is 26.5 Å². The van der Waals surface area contributed by atoms with Crippen LogP contribution in [0.2, 0.25) is 0 Å². The van der Waals surface area contributed by atoms with Gasteiger partial charge >= 0.3 is 0 Å². The van der Waals surface area contributed by atoms with Crippen LogP contribution in [0.25, 0.3) is 6.08 Å². The van der Waals surface area contributed by atoms with E-state index in [1.165, 1.54) is 47.7 Å². The summed E-state index contributed by atoms with van der Waals surface area (Å²) in [5.41, 5.74) is 9.74. The number of nitrogens with two attached hydrogens (primary N) is 1. The molecule has 13 nitrogen and oxygen atoms in total. The first kappa shape index (κ1) is 27.9. The van der Waals surface area contributed by atoms with E-state index >= 15 is 0 Å². The Morgan fingerprint density at radius 3 is 2.18 bits per heavy atom. The summed E-state index contributed by atoms with van der Waals surface area (Å²) in [5.74, 6) is -0.556. The fraction of sp³-hybridized carbons (Fsp3) is 0.0455. The molecule has 2 aromatic carbocycles. The zero-order valence-electron chi connectivity index (χ0n) is 19.4. The number of thiazole rings is 1. The number of nitrogens with one attached hydrogen (secondary N) is 3. The van der Waals surface area contributed by atoms with Crippen molar-refractivity contribution >= 4 is 80.2 Å². The predicted molar refractivity (Wildman–Crippen MR) is 152 cm³/mol. The first-order chi connectivity index (χ1) is 18.0. The maximum atomic E-state index is 12.4. The van der Waals surface area contributed by atoms with E-state index in [1.54, 1.807) is 31.2 Å². The molecule has 0 unspecified atom stereocenters. The average Bonchev–Trinajstić information content (AvgIpc) is 3.23. The van der Waals surface area contributed by atoms with Crippen LogP contribution in [0.15, 0.2) is 59.7 Å². The second-order valence-electron chi connectivity index (χ2n) is 7.30. The molecular formula is C22H18N8O5S3. The Morgan fingerprint density at radius 1 is 1.05 bits per heavy atom. The zero-order valence-corrected chi connectivity index (χ0v) is 21.9. The summed E-state index contributed by atoms with van der Waals surface area (Å²) in [4.78, 5) is 38.0. The first-order valence-electron chi connectivity index (χ1n) is 10.4. The summed E-state index contributed by atoms with van der Waals surface area (Å²) in [7, 11) is 0. The highest BCUT2D eigenvalue weighted by Gasteiger charge is 2.15. The molecule has 5 N–H and O–H groups in total. The molecule has 0 aliphatic heterocycles. The maximum Gasteiger partial charge on any atom is 0.269 e. The molecule has 38 heavy (non-hydrogen) atoms. The number of hydrogen-bond donors (Lipinski definition) is 4. The van der Waals surface area contributed by atoms with Gasteiger partial charge in [0.15, 0.2) is 15.4 Å². The number of anilines is 1. The number of carbonyl (C=O) groups excluding carboxylic acids is 1.